The standard InChI is InChI=1S/C28H26ClN.C28H27N.2HI/c1-3-21-13-14-22(26-10-6-5-9-25(21)26)15-17-24(29)18-16-23-19-20-30(4-2)28-12-8-7-11-27(23)28;1-3-26-22(18-19-23-13-8-10-16-27(23)26)12-6-5-7-15-25-21-20-24-14-9-11-17-28(24)29(25)4-2;;/h5-20H,3-4H2,1-2H3;5-21H,3-4H2,1-2H3;2*1H/p-2/b;7-5?,12-6?,25-15+;;. The van der Waals surface area contributed by atoms with Crippen molar-refractivity contribution in [3.8, 4) is 0 Å². The fraction of sp³-hybridized carbons (Fsp3) is 0.143. The molecular formula is C56H53ClI2N2-2. The average molecular weight is 1040 g/mol. The Morgan fingerprint density at radius 3 is 2.05 bits per heavy atom. The first-order chi connectivity index (χ1) is 29.0. The molecule has 0 fully saturated rings. The molecule has 0 saturated carbocycles. The molecule has 5 heteroatoms. The minimum Gasteiger partial charge on any atom is -1.00 e. The van der Waals surface area contributed by atoms with Crippen LogP contribution in [-0.2, 0) is 12.8 Å². The zero-order valence-electron chi connectivity index (χ0n) is 35.4. The smallest absolute Gasteiger partial charge is 0.0485 e. The predicted octanol–water partition coefficient (Wildman–Crippen LogP) is 9.39. The predicted molar refractivity (Wildman–Crippen MR) is 261 cm³/mol. The van der Waals surface area contributed by atoms with Gasteiger partial charge >= 0.3 is 0 Å². The Bertz CT molecular complexity index is 2690. The van der Waals surface area contributed by atoms with Crippen molar-refractivity contribution in [2.75, 3.05) is 22.9 Å². The van der Waals surface area contributed by atoms with Gasteiger partial charge in [-0.3, -0.25) is 0 Å². The van der Waals surface area contributed by atoms with Gasteiger partial charge in [0.1, 0.15) is 0 Å². The minimum atomic E-state index is 0. The van der Waals surface area contributed by atoms with Crippen LogP contribution in [0.25, 0.3) is 45.3 Å². The molecule has 8 rings (SSSR count). The summed E-state index contributed by atoms with van der Waals surface area (Å²) >= 11 is 6.54. The number of para-hydroxylation sites is 2. The zero-order valence-corrected chi connectivity index (χ0v) is 40.5. The van der Waals surface area contributed by atoms with E-state index in [2.05, 4.69) is 226 Å². The van der Waals surface area contributed by atoms with E-state index >= 15 is 0 Å². The van der Waals surface area contributed by atoms with Crippen molar-refractivity contribution in [2.24, 2.45) is 0 Å². The quantitative estimate of drug-likeness (QED) is 0.0998. The van der Waals surface area contributed by atoms with E-state index in [1.165, 1.54) is 77.6 Å². The number of halogens is 3. The summed E-state index contributed by atoms with van der Waals surface area (Å²) in [7, 11) is 0. The van der Waals surface area contributed by atoms with Crippen LogP contribution in [0.3, 0.4) is 0 Å². The molecule has 0 saturated heterocycles. The molecule has 0 atom stereocenters. The summed E-state index contributed by atoms with van der Waals surface area (Å²) in [6.07, 6.45) is 29.6. The van der Waals surface area contributed by atoms with Crippen molar-refractivity contribution in [1.29, 1.82) is 0 Å². The van der Waals surface area contributed by atoms with Crippen LogP contribution in [0.5, 0.6) is 0 Å². The molecule has 2 aliphatic rings. The van der Waals surface area contributed by atoms with Gasteiger partial charge in [-0.2, -0.15) is 0 Å². The SMILES string of the molecule is CCc1c(C=CC=C/C=C2\C=Cc3ccccc3N2CC)ccc2ccccc12.CCc1ccc(C=CC(Cl)=CC=C2C=CN(CC)c3ccccc32)c2ccccc12.[I-].[I-]. The lowest BCUT2D eigenvalue weighted by Crippen LogP contribution is -3.00. The van der Waals surface area contributed by atoms with Crippen LogP contribution in [0.4, 0.5) is 11.4 Å². The first-order valence-corrected chi connectivity index (χ1v) is 21.3. The summed E-state index contributed by atoms with van der Waals surface area (Å²) in [5, 5.41) is 5.95. The van der Waals surface area contributed by atoms with E-state index in [1.54, 1.807) is 0 Å². The van der Waals surface area contributed by atoms with Crippen molar-refractivity contribution in [1.82, 2.24) is 0 Å². The third-order valence-corrected chi connectivity index (χ3v) is 11.3. The van der Waals surface area contributed by atoms with E-state index in [-0.39, 0.29) is 48.0 Å². The van der Waals surface area contributed by atoms with Crippen molar-refractivity contribution >= 4 is 68.3 Å². The molecule has 310 valence electrons. The lowest BCUT2D eigenvalue weighted by atomic mass is 9.97. The van der Waals surface area contributed by atoms with Crippen LogP contribution in [0.1, 0.15) is 61.1 Å². The fourth-order valence-electron chi connectivity index (χ4n) is 8.02. The Hall–Kier alpha value is -4.89. The summed E-state index contributed by atoms with van der Waals surface area (Å²) in [6.45, 7) is 10.7. The highest BCUT2D eigenvalue weighted by Crippen LogP contribution is 2.33. The maximum Gasteiger partial charge on any atom is 0.0485 e. The molecule has 2 heterocycles. The normalized spacial score (nSPS) is 14.7. The maximum atomic E-state index is 6.54. The minimum absolute atomic E-state index is 0. The van der Waals surface area contributed by atoms with Gasteiger partial charge in [0.05, 0.1) is 0 Å². The Balaban J connectivity index is 0.000000224. The maximum absolute atomic E-state index is 6.54. The number of anilines is 2. The van der Waals surface area contributed by atoms with Gasteiger partial charge in [-0.25, -0.2) is 0 Å². The zero-order chi connectivity index (χ0) is 41.0. The number of hydrogen-bond acceptors (Lipinski definition) is 2. The highest BCUT2D eigenvalue weighted by atomic mass is 127. The topological polar surface area (TPSA) is 6.48 Å². The van der Waals surface area contributed by atoms with Crippen LogP contribution in [0.15, 0.2) is 193 Å². The number of rotatable bonds is 10. The van der Waals surface area contributed by atoms with Crippen LogP contribution in [0, 0.1) is 0 Å². The molecule has 0 aromatic heterocycles. The number of allylic oxidation sites excluding steroid dienone is 11. The molecular weight excluding hydrogens is 990 g/mol. The van der Waals surface area contributed by atoms with Crippen LogP contribution in [0.2, 0.25) is 0 Å². The molecule has 2 nitrogen and oxygen atoms in total. The molecule has 6 aromatic rings. The van der Waals surface area contributed by atoms with Crippen LogP contribution >= 0.6 is 11.6 Å². The molecule has 0 radical (unpaired) electrons. The second kappa shape index (κ2) is 23.4. The molecule has 0 unspecified atom stereocenters. The average Bonchev–Trinajstić information content (AvgIpc) is 3.29. The Morgan fingerprint density at radius 2 is 1.28 bits per heavy atom. The lowest BCUT2D eigenvalue weighted by Gasteiger charge is -2.29. The molecule has 0 aliphatic carbocycles. The summed E-state index contributed by atoms with van der Waals surface area (Å²) < 4.78 is 0. The largest absolute Gasteiger partial charge is 1.00 e. The van der Waals surface area contributed by atoms with Gasteiger partial charge in [0.25, 0.3) is 0 Å². The van der Waals surface area contributed by atoms with Gasteiger partial charge < -0.3 is 57.8 Å². The van der Waals surface area contributed by atoms with E-state index in [4.69, 9.17) is 11.6 Å². The summed E-state index contributed by atoms with van der Waals surface area (Å²) in [5.41, 5.74) is 12.7. The summed E-state index contributed by atoms with van der Waals surface area (Å²) in [4.78, 5) is 4.60. The molecule has 6 aromatic carbocycles. The Labute approximate surface area is 402 Å². The van der Waals surface area contributed by atoms with Crippen molar-refractivity contribution in [3.05, 3.63) is 226 Å². The van der Waals surface area contributed by atoms with Gasteiger partial charge in [0.15, 0.2) is 0 Å². The molecule has 0 amide bonds. The second-order valence-corrected chi connectivity index (χ2v) is 15.0. The number of aryl methyl sites for hydroxylation is 2. The highest BCUT2D eigenvalue weighted by Gasteiger charge is 2.15. The Kier molecular flexibility index (Phi) is 18.1. The van der Waals surface area contributed by atoms with E-state index in [0.29, 0.717) is 5.03 Å². The van der Waals surface area contributed by atoms with Gasteiger partial charge in [-0.1, -0.05) is 177 Å². The summed E-state index contributed by atoms with van der Waals surface area (Å²) in [5.74, 6) is 0. The van der Waals surface area contributed by atoms with Crippen molar-refractivity contribution < 1.29 is 48.0 Å². The van der Waals surface area contributed by atoms with Crippen LogP contribution in [-0.4, -0.2) is 13.1 Å². The summed E-state index contributed by atoms with van der Waals surface area (Å²) in [6, 6.07) is 43.0. The van der Waals surface area contributed by atoms with E-state index in [0.717, 1.165) is 25.9 Å². The van der Waals surface area contributed by atoms with E-state index in [1.807, 2.05) is 12.2 Å². The first kappa shape index (κ1) is 47.2. The van der Waals surface area contributed by atoms with Gasteiger partial charge in [-0.15, -0.1) is 0 Å². The molecule has 2 aliphatic heterocycles. The highest BCUT2D eigenvalue weighted by molar-refractivity contribution is 6.31. The molecule has 61 heavy (non-hydrogen) atoms. The van der Waals surface area contributed by atoms with E-state index in [9.17, 15) is 0 Å². The number of fused-ring (bicyclic) bond motifs is 4. The number of nitrogens with zero attached hydrogens (tertiary/aromatic N) is 2. The van der Waals surface area contributed by atoms with Gasteiger partial charge in [0, 0.05) is 47.0 Å². The number of hydrogen-bond donors (Lipinski definition) is 0. The molecule has 0 bridgehead atoms. The van der Waals surface area contributed by atoms with Crippen LogP contribution < -0.4 is 57.8 Å². The Morgan fingerprint density at radius 1 is 0.574 bits per heavy atom. The third kappa shape index (κ3) is 11.3. The third-order valence-electron chi connectivity index (χ3n) is 11.1. The van der Waals surface area contributed by atoms with Crippen molar-refractivity contribution in [2.45, 2.75) is 40.5 Å². The second-order valence-electron chi connectivity index (χ2n) is 14.5. The molecule has 0 spiro atoms. The monoisotopic (exact) mass is 1040 g/mol. The van der Waals surface area contributed by atoms with Crippen molar-refractivity contribution in [3.63, 3.8) is 0 Å². The van der Waals surface area contributed by atoms with Gasteiger partial charge in [0.2, 0.25) is 0 Å². The fourth-order valence-corrected chi connectivity index (χ4v) is 8.15. The van der Waals surface area contributed by atoms with E-state index < -0.39 is 0 Å². The lowest BCUT2D eigenvalue weighted by molar-refractivity contribution is -0.001000. The number of likely N-dealkylation sites (N-methyl/N-ethyl adjacent to an activating group) is 1. The van der Waals surface area contributed by atoms with Gasteiger partial charge in [-0.05, 0) is 124 Å². The first-order valence-electron chi connectivity index (χ1n) is 20.9. The number of benzene rings is 6. The molecule has 0 N–H and O–H groups in total.